The van der Waals surface area contributed by atoms with E-state index in [4.69, 9.17) is 9.40 Å². The van der Waals surface area contributed by atoms with Gasteiger partial charge in [-0.3, -0.25) is 4.57 Å². The minimum absolute atomic E-state index is 0.0605. The van der Waals surface area contributed by atoms with Crippen LogP contribution in [0.2, 0.25) is 0 Å². The van der Waals surface area contributed by atoms with Gasteiger partial charge in [0.25, 0.3) is 0 Å². The van der Waals surface area contributed by atoms with Gasteiger partial charge in [0.15, 0.2) is 11.5 Å². The second-order valence-corrected chi connectivity index (χ2v) is 9.32. The summed E-state index contributed by atoms with van der Waals surface area (Å²) in [5.74, 6) is 0.355. The van der Waals surface area contributed by atoms with Crippen molar-refractivity contribution in [1.82, 2.24) is 14.5 Å². The Morgan fingerprint density at radius 1 is 0.909 bits per heavy atom. The van der Waals surface area contributed by atoms with Gasteiger partial charge in [-0.2, -0.15) is 0 Å². The SMILES string of the molecule is CC(C)(C)c1cnc2nc(-c3ccc(F)c4c3oc3ccccc34)n(-c3ccccc3)c2c1. The van der Waals surface area contributed by atoms with Crippen LogP contribution in [0.15, 0.2) is 83.4 Å². The molecule has 3 heterocycles. The van der Waals surface area contributed by atoms with Crippen LogP contribution in [0.5, 0.6) is 0 Å². The monoisotopic (exact) mass is 435 g/mol. The Balaban J connectivity index is 1.73. The first-order valence-electron chi connectivity index (χ1n) is 11.0. The van der Waals surface area contributed by atoms with Crippen molar-refractivity contribution >= 4 is 33.1 Å². The summed E-state index contributed by atoms with van der Waals surface area (Å²) in [4.78, 5) is 9.59. The minimum atomic E-state index is -0.311. The van der Waals surface area contributed by atoms with E-state index < -0.39 is 0 Å². The lowest BCUT2D eigenvalue weighted by atomic mass is 9.88. The molecule has 0 atom stereocenters. The Labute approximate surface area is 190 Å². The van der Waals surface area contributed by atoms with E-state index in [9.17, 15) is 4.39 Å². The third kappa shape index (κ3) is 3.04. The molecule has 0 amide bonds. The molecule has 0 saturated carbocycles. The van der Waals surface area contributed by atoms with Gasteiger partial charge in [-0.15, -0.1) is 0 Å². The molecule has 0 saturated heterocycles. The Morgan fingerprint density at radius 3 is 2.45 bits per heavy atom. The van der Waals surface area contributed by atoms with Crippen LogP contribution in [-0.2, 0) is 5.41 Å². The molecular formula is C28H22FN3O. The zero-order valence-corrected chi connectivity index (χ0v) is 18.6. The van der Waals surface area contributed by atoms with Crippen molar-refractivity contribution in [1.29, 1.82) is 0 Å². The van der Waals surface area contributed by atoms with E-state index in [1.54, 1.807) is 6.07 Å². The molecule has 0 aliphatic carbocycles. The molecule has 0 unspecified atom stereocenters. The quantitative estimate of drug-likeness (QED) is 0.284. The van der Waals surface area contributed by atoms with Crippen molar-refractivity contribution in [2.75, 3.05) is 0 Å². The first kappa shape index (κ1) is 19.7. The smallest absolute Gasteiger partial charge is 0.178 e. The van der Waals surface area contributed by atoms with Crippen molar-refractivity contribution in [2.24, 2.45) is 0 Å². The number of furan rings is 1. The summed E-state index contributed by atoms with van der Waals surface area (Å²) in [5, 5.41) is 1.22. The summed E-state index contributed by atoms with van der Waals surface area (Å²) in [6, 6.07) is 22.9. The Morgan fingerprint density at radius 2 is 1.67 bits per heavy atom. The number of hydrogen-bond acceptors (Lipinski definition) is 3. The average molecular weight is 436 g/mol. The maximum Gasteiger partial charge on any atom is 0.178 e. The molecule has 3 aromatic carbocycles. The van der Waals surface area contributed by atoms with E-state index in [2.05, 4.69) is 36.4 Å². The van der Waals surface area contributed by atoms with E-state index in [0.717, 1.165) is 27.7 Å². The van der Waals surface area contributed by atoms with Gasteiger partial charge in [0, 0.05) is 17.3 Å². The summed E-state index contributed by atoms with van der Waals surface area (Å²) in [7, 11) is 0. The van der Waals surface area contributed by atoms with Crippen LogP contribution < -0.4 is 0 Å². The van der Waals surface area contributed by atoms with Crippen LogP contribution in [0, 0.1) is 5.82 Å². The molecule has 3 aromatic heterocycles. The third-order valence-corrected chi connectivity index (χ3v) is 6.11. The Hall–Kier alpha value is -3.99. The van der Waals surface area contributed by atoms with Gasteiger partial charge >= 0.3 is 0 Å². The molecule has 4 nitrogen and oxygen atoms in total. The van der Waals surface area contributed by atoms with Gasteiger partial charge in [0.2, 0.25) is 0 Å². The van der Waals surface area contributed by atoms with Gasteiger partial charge in [-0.1, -0.05) is 57.2 Å². The molecular weight excluding hydrogens is 413 g/mol. The number of benzene rings is 3. The van der Waals surface area contributed by atoms with Gasteiger partial charge in [0.05, 0.1) is 16.5 Å². The zero-order valence-electron chi connectivity index (χ0n) is 18.6. The highest BCUT2D eigenvalue weighted by Gasteiger charge is 2.23. The number of rotatable bonds is 2. The normalized spacial score (nSPS) is 12.2. The lowest BCUT2D eigenvalue weighted by Crippen LogP contribution is -2.11. The van der Waals surface area contributed by atoms with Crippen LogP contribution in [-0.4, -0.2) is 14.5 Å². The number of pyridine rings is 1. The second kappa shape index (κ2) is 7.01. The minimum Gasteiger partial charge on any atom is -0.455 e. The van der Waals surface area contributed by atoms with E-state index in [1.165, 1.54) is 6.07 Å². The fraction of sp³-hybridized carbons (Fsp3) is 0.143. The predicted octanol–water partition coefficient (Wildman–Crippen LogP) is 7.42. The van der Waals surface area contributed by atoms with Crippen LogP contribution >= 0.6 is 0 Å². The Bertz CT molecular complexity index is 1660. The maximum atomic E-state index is 15.0. The number of fused-ring (bicyclic) bond motifs is 4. The molecule has 0 bridgehead atoms. The van der Waals surface area contributed by atoms with Crippen molar-refractivity contribution < 1.29 is 8.81 Å². The fourth-order valence-corrected chi connectivity index (χ4v) is 4.35. The number of nitrogens with zero attached hydrogens (tertiary/aromatic N) is 3. The summed E-state index contributed by atoms with van der Waals surface area (Å²) in [6.07, 6.45) is 1.88. The van der Waals surface area contributed by atoms with Crippen LogP contribution in [0.25, 0.3) is 50.2 Å². The summed E-state index contributed by atoms with van der Waals surface area (Å²) in [5.41, 5.74) is 5.40. The number of imidazole rings is 1. The van der Waals surface area contributed by atoms with Gasteiger partial charge in [-0.25, -0.2) is 14.4 Å². The molecule has 33 heavy (non-hydrogen) atoms. The molecule has 0 N–H and O–H groups in total. The van der Waals surface area contributed by atoms with Gasteiger partial charge < -0.3 is 4.42 Å². The van der Waals surface area contributed by atoms with Crippen LogP contribution in [0.1, 0.15) is 26.3 Å². The first-order chi connectivity index (χ1) is 15.9. The summed E-state index contributed by atoms with van der Waals surface area (Å²) in [6.45, 7) is 6.49. The lowest BCUT2D eigenvalue weighted by Gasteiger charge is -2.18. The van der Waals surface area contributed by atoms with Gasteiger partial charge in [-0.05, 0) is 47.4 Å². The third-order valence-electron chi connectivity index (χ3n) is 6.11. The predicted molar refractivity (Wildman–Crippen MR) is 130 cm³/mol. The highest BCUT2D eigenvalue weighted by molar-refractivity contribution is 6.09. The zero-order chi connectivity index (χ0) is 22.7. The van der Waals surface area contributed by atoms with Crippen molar-refractivity contribution in [2.45, 2.75) is 26.2 Å². The number of hydrogen-bond donors (Lipinski definition) is 0. The average Bonchev–Trinajstić information content (AvgIpc) is 3.38. The molecule has 6 aromatic rings. The molecule has 162 valence electrons. The van der Waals surface area contributed by atoms with Crippen molar-refractivity contribution in [3.63, 3.8) is 0 Å². The van der Waals surface area contributed by atoms with Crippen LogP contribution in [0.4, 0.5) is 4.39 Å². The van der Waals surface area contributed by atoms with E-state index >= 15 is 0 Å². The second-order valence-electron chi connectivity index (χ2n) is 9.32. The lowest BCUT2D eigenvalue weighted by molar-refractivity contribution is 0.588. The maximum absolute atomic E-state index is 15.0. The topological polar surface area (TPSA) is 43.9 Å². The highest BCUT2D eigenvalue weighted by Crippen LogP contribution is 2.39. The molecule has 0 aliphatic rings. The van der Waals surface area contributed by atoms with E-state index in [0.29, 0.717) is 28.0 Å². The largest absolute Gasteiger partial charge is 0.455 e. The number of para-hydroxylation sites is 2. The summed E-state index contributed by atoms with van der Waals surface area (Å²) < 4.78 is 23.2. The number of aromatic nitrogens is 3. The first-order valence-corrected chi connectivity index (χ1v) is 11.0. The van der Waals surface area contributed by atoms with Gasteiger partial charge in [0.1, 0.15) is 17.0 Å². The molecule has 0 radical (unpaired) electrons. The van der Waals surface area contributed by atoms with E-state index in [1.807, 2.05) is 60.8 Å². The van der Waals surface area contributed by atoms with Crippen molar-refractivity contribution in [3.8, 4) is 17.1 Å². The molecule has 6 rings (SSSR count). The Kier molecular flexibility index (Phi) is 4.18. The molecule has 5 heteroatoms. The molecule has 0 fully saturated rings. The molecule has 0 spiro atoms. The standard InChI is InChI=1S/C28H22FN3O/c1-28(2,3)17-15-22-26(30-16-17)31-27(32(22)18-9-5-4-6-10-18)20-13-14-21(29)24-19-11-7-8-12-23(19)33-25(20)24/h4-16H,1-3H3. The highest BCUT2D eigenvalue weighted by atomic mass is 19.1. The van der Waals surface area contributed by atoms with E-state index in [-0.39, 0.29) is 11.2 Å². The van der Waals surface area contributed by atoms with Crippen molar-refractivity contribution in [3.05, 3.63) is 90.4 Å². The number of halogens is 1. The fourth-order valence-electron chi connectivity index (χ4n) is 4.35. The summed E-state index contributed by atoms with van der Waals surface area (Å²) >= 11 is 0. The van der Waals surface area contributed by atoms with Crippen LogP contribution in [0.3, 0.4) is 0 Å². The molecule has 0 aliphatic heterocycles.